The zero-order valence-electron chi connectivity index (χ0n) is 15.7. The van der Waals surface area contributed by atoms with Crippen LogP contribution in [0.3, 0.4) is 0 Å². The molecule has 0 spiro atoms. The topological polar surface area (TPSA) is 101 Å². The normalized spacial score (nSPS) is 42.3. The van der Waals surface area contributed by atoms with Gasteiger partial charge < -0.3 is 14.9 Å². The molecule has 0 aromatic heterocycles. The van der Waals surface area contributed by atoms with E-state index in [9.17, 15) is 24.6 Å². The molecule has 0 bridgehead atoms. The minimum Gasteiger partial charge on any atom is -0.481 e. The summed E-state index contributed by atoms with van der Waals surface area (Å²) in [7, 11) is 1.31. The van der Waals surface area contributed by atoms with Crippen LogP contribution in [0.25, 0.3) is 0 Å². The lowest BCUT2D eigenvalue weighted by Crippen LogP contribution is -2.59. The summed E-state index contributed by atoms with van der Waals surface area (Å²) in [6.07, 6.45) is 3.59. The summed E-state index contributed by atoms with van der Waals surface area (Å²) in [6.45, 7) is 3.81. The third-order valence-electron chi connectivity index (χ3n) is 7.33. The van der Waals surface area contributed by atoms with E-state index in [0.29, 0.717) is 25.7 Å². The molecule has 3 aliphatic rings. The Kier molecular flexibility index (Phi) is 4.76. The number of methoxy groups -OCH3 is 1. The molecule has 0 aliphatic heterocycles. The Morgan fingerprint density at radius 3 is 2.62 bits per heavy atom. The molecule has 0 radical (unpaired) electrons. The predicted octanol–water partition coefficient (Wildman–Crippen LogP) is 2.34. The Bertz CT molecular complexity index is 667. The number of aliphatic hydroxyl groups excluding tert-OH is 1. The van der Waals surface area contributed by atoms with Gasteiger partial charge in [-0.2, -0.15) is 0 Å². The summed E-state index contributed by atoms with van der Waals surface area (Å²) in [4.78, 5) is 35.9. The van der Waals surface area contributed by atoms with E-state index in [4.69, 9.17) is 4.74 Å². The van der Waals surface area contributed by atoms with Crippen molar-refractivity contribution in [2.45, 2.75) is 58.5 Å². The molecule has 6 nitrogen and oxygen atoms in total. The molecule has 3 rings (SSSR count). The van der Waals surface area contributed by atoms with Crippen LogP contribution in [0.15, 0.2) is 11.6 Å². The van der Waals surface area contributed by atoms with E-state index >= 15 is 0 Å². The third kappa shape index (κ3) is 2.79. The van der Waals surface area contributed by atoms with Crippen molar-refractivity contribution >= 4 is 17.7 Å². The Balaban J connectivity index is 2.05. The van der Waals surface area contributed by atoms with Crippen molar-refractivity contribution in [3.63, 3.8) is 0 Å². The lowest BCUT2D eigenvalue weighted by atomic mass is 9.45. The molecule has 6 atom stereocenters. The number of carboxylic acid groups (broad SMARTS) is 1. The van der Waals surface area contributed by atoms with Gasteiger partial charge in [0.25, 0.3) is 0 Å². The average Bonchev–Trinajstić information content (AvgIpc) is 2.57. The van der Waals surface area contributed by atoms with Crippen LogP contribution in [-0.2, 0) is 19.1 Å². The number of carbonyl (C=O) groups is 3. The summed E-state index contributed by atoms with van der Waals surface area (Å²) in [6, 6.07) is 0. The number of carboxylic acids is 1. The molecule has 0 heterocycles. The first kappa shape index (κ1) is 19.1. The number of esters is 1. The maximum atomic E-state index is 12.5. The average molecular weight is 364 g/mol. The van der Waals surface area contributed by atoms with Crippen LogP contribution in [0.2, 0.25) is 0 Å². The molecule has 0 saturated heterocycles. The van der Waals surface area contributed by atoms with E-state index in [0.717, 1.165) is 5.57 Å². The van der Waals surface area contributed by atoms with Gasteiger partial charge in [-0.3, -0.25) is 14.4 Å². The summed E-state index contributed by atoms with van der Waals surface area (Å²) in [5, 5.41) is 20.5. The summed E-state index contributed by atoms with van der Waals surface area (Å²) in [5.41, 5.74) is -0.259. The molecular weight excluding hydrogens is 336 g/mol. The monoisotopic (exact) mass is 364 g/mol. The zero-order chi connectivity index (χ0) is 19.3. The molecule has 0 aromatic carbocycles. The third-order valence-corrected chi connectivity index (χ3v) is 7.33. The number of aliphatic hydroxyl groups is 1. The molecule has 3 aliphatic carbocycles. The molecule has 6 heteroatoms. The fourth-order valence-electron chi connectivity index (χ4n) is 6.07. The van der Waals surface area contributed by atoms with Crippen molar-refractivity contribution in [3.8, 4) is 0 Å². The van der Waals surface area contributed by atoms with Gasteiger partial charge in [-0.15, -0.1) is 0 Å². The van der Waals surface area contributed by atoms with Gasteiger partial charge in [0.1, 0.15) is 0 Å². The molecule has 0 aromatic rings. The van der Waals surface area contributed by atoms with Gasteiger partial charge in [-0.1, -0.05) is 12.5 Å². The lowest BCUT2D eigenvalue weighted by molar-refractivity contribution is -0.180. The van der Waals surface area contributed by atoms with Gasteiger partial charge in [0.15, 0.2) is 5.78 Å². The molecule has 3 unspecified atom stereocenters. The molecule has 2 fully saturated rings. The number of carbonyl (C=O) groups excluding carboxylic acids is 2. The minimum atomic E-state index is -1.02. The van der Waals surface area contributed by atoms with Gasteiger partial charge in [0.05, 0.1) is 18.6 Å². The van der Waals surface area contributed by atoms with E-state index in [-0.39, 0.29) is 35.9 Å². The molecule has 2 N–H and O–H groups in total. The molecule has 26 heavy (non-hydrogen) atoms. The second kappa shape index (κ2) is 6.48. The number of hydrogen-bond acceptors (Lipinski definition) is 5. The second-order valence-corrected chi connectivity index (χ2v) is 8.67. The van der Waals surface area contributed by atoms with Gasteiger partial charge in [0, 0.05) is 12.8 Å². The maximum Gasteiger partial charge on any atom is 0.311 e. The summed E-state index contributed by atoms with van der Waals surface area (Å²) in [5.74, 6) is -1.89. The Morgan fingerprint density at radius 1 is 1.31 bits per heavy atom. The minimum absolute atomic E-state index is 0.0886. The standard InChI is InChI=1S/C20H28O6/c1-19-7-6-12(21)8-11(19)4-5-13-14(9-16(23)24)20(2,18(25)26-3)10-15(22)17(13)19/h8,13-15,17,22H,4-7,9-10H2,1-3H3,(H,23,24)/t13?,14?,15-,17?,19-,20-/m0/s1. The smallest absolute Gasteiger partial charge is 0.311 e. The van der Waals surface area contributed by atoms with Crippen molar-refractivity contribution in [3.05, 3.63) is 11.6 Å². The number of rotatable bonds is 3. The second-order valence-electron chi connectivity index (χ2n) is 8.67. The largest absolute Gasteiger partial charge is 0.481 e. The van der Waals surface area contributed by atoms with Gasteiger partial charge >= 0.3 is 11.9 Å². The van der Waals surface area contributed by atoms with Gasteiger partial charge in [-0.05, 0) is 61.9 Å². The van der Waals surface area contributed by atoms with Crippen molar-refractivity contribution in [1.29, 1.82) is 0 Å². The van der Waals surface area contributed by atoms with Crippen LogP contribution in [0, 0.1) is 28.6 Å². The zero-order valence-corrected chi connectivity index (χ0v) is 15.7. The first-order valence-corrected chi connectivity index (χ1v) is 9.35. The fraction of sp³-hybridized carbons (Fsp3) is 0.750. The number of ketones is 1. The van der Waals surface area contributed by atoms with Crippen molar-refractivity contribution < 1.29 is 29.3 Å². The fourth-order valence-corrected chi connectivity index (χ4v) is 6.07. The maximum absolute atomic E-state index is 12.5. The first-order chi connectivity index (χ1) is 12.1. The Hall–Kier alpha value is -1.69. The van der Waals surface area contributed by atoms with Gasteiger partial charge in [0.2, 0.25) is 0 Å². The van der Waals surface area contributed by atoms with E-state index < -0.39 is 29.4 Å². The molecule has 0 amide bonds. The van der Waals surface area contributed by atoms with Crippen LogP contribution >= 0.6 is 0 Å². The molecule has 2 saturated carbocycles. The van der Waals surface area contributed by atoms with Crippen LogP contribution in [0.4, 0.5) is 0 Å². The van der Waals surface area contributed by atoms with E-state index in [2.05, 4.69) is 6.92 Å². The van der Waals surface area contributed by atoms with Crippen molar-refractivity contribution in [2.75, 3.05) is 7.11 Å². The Morgan fingerprint density at radius 2 is 2.00 bits per heavy atom. The lowest BCUT2D eigenvalue weighted by Gasteiger charge is -2.59. The van der Waals surface area contributed by atoms with Crippen LogP contribution in [-0.4, -0.2) is 41.1 Å². The number of ether oxygens (including phenoxy) is 1. The highest BCUT2D eigenvalue weighted by Crippen LogP contribution is 2.62. The van der Waals surface area contributed by atoms with Crippen LogP contribution in [0.1, 0.15) is 52.4 Å². The summed E-state index contributed by atoms with van der Waals surface area (Å²) >= 11 is 0. The quantitative estimate of drug-likeness (QED) is 0.746. The Labute approximate surface area is 153 Å². The number of hydrogen-bond donors (Lipinski definition) is 2. The highest BCUT2D eigenvalue weighted by atomic mass is 16.5. The highest BCUT2D eigenvalue weighted by Gasteiger charge is 2.61. The van der Waals surface area contributed by atoms with E-state index in [1.807, 2.05) is 0 Å². The number of allylic oxidation sites excluding steroid dienone is 2. The molecule has 144 valence electrons. The molecular formula is C20H28O6. The van der Waals surface area contributed by atoms with Crippen LogP contribution < -0.4 is 0 Å². The van der Waals surface area contributed by atoms with Crippen molar-refractivity contribution in [2.24, 2.45) is 28.6 Å². The van der Waals surface area contributed by atoms with E-state index in [1.165, 1.54) is 7.11 Å². The first-order valence-electron chi connectivity index (χ1n) is 9.35. The van der Waals surface area contributed by atoms with Crippen molar-refractivity contribution in [1.82, 2.24) is 0 Å². The van der Waals surface area contributed by atoms with Gasteiger partial charge in [-0.25, -0.2) is 0 Å². The SMILES string of the molecule is COC(=O)[C@@]1(C)C[C@H](O)C2C(CCC3=CC(=O)CC[C@@]32C)C1CC(=O)O. The number of aliphatic carboxylic acids is 1. The number of fused-ring (bicyclic) bond motifs is 3. The summed E-state index contributed by atoms with van der Waals surface area (Å²) < 4.78 is 4.98. The predicted molar refractivity (Wildman–Crippen MR) is 93.1 cm³/mol. The van der Waals surface area contributed by atoms with E-state index in [1.54, 1.807) is 13.0 Å². The van der Waals surface area contributed by atoms with Crippen LogP contribution in [0.5, 0.6) is 0 Å². The highest BCUT2D eigenvalue weighted by molar-refractivity contribution is 5.91.